The van der Waals surface area contributed by atoms with Gasteiger partial charge in [0.2, 0.25) is 0 Å². The molecule has 1 heterocycles. The number of nitrogens with two attached hydrogens (primary N) is 1. The summed E-state index contributed by atoms with van der Waals surface area (Å²) in [5, 5.41) is 0.620. The van der Waals surface area contributed by atoms with Crippen LogP contribution in [0.2, 0.25) is 5.02 Å². The number of halogens is 1. The predicted octanol–water partition coefficient (Wildman–Crippen LogP) is 2.34. The fourth-order valence-corrected chi connectivity index (χ4v) is 1.01. The van der Waals surface area contributed by atoms with Crippen LogP contribution in [0.25, 0.3) is 0 Å². The van der Waals surface area contributed by atoms with Crippen molar-refractivity contribution in [1.82, 2.24) is 0 Å². The first kappa shape index (κ1) is 7.63. The molecule has 1 aromatic rings. The first-order valence-electron chi connectivity index (χ1n) is 3.23. The first-order valence-corrected chi connectivity index (χ1v) is 3.60. The van der Waals surface area contributed by atoms with Crippen molar-refractivity contribution in [2.24, 2.45) is 5.73 Å². The van der Waals surface area contributed by atoms with Gasteiger partial charge in [0.1, 0.15) is 6.26 Å². The third kappa shape index (κ3) is 1.33. The van der Waals surface area contributed by atoms with Crippen LogP contribution < -0.4 is 5.73 Å². The van der Waals surface area contributed by atoms with Crippen molar-refractivity contribution in [3.05, 3.63) is 23.1 Å². The number of hydrogen-bond donors (Lipinski definition) is 1. The quantitative estimate of drug-likeness (QED) is 0.720. The molecule has 2 nitrogen and oxygen atoms in total. The minimum absolute atomic E-state index is 0.00579. The van der Waals surface area contributed by atoms with Crippen LogP contribution in [0.1, 0.15) is 24.9 Å². The Kier molecular flexibility index (Phi) is 2.35. The van der Waals surface area contributed by atoms with E-state index in [2.05, 4.69) is 0 Å². The summed E-state index contributed by atoms with van der Waals surface area (Å²) in [4.78, 5) is 0. The van der Waals surface area contributed by atoms with Crippen LogP contribution in [0.5, 0.6) is 0 Å². The summed E-state index contributed by atoms with van der Waals surface area (Å²) in [5.41, 5.74) is 6.59. The number of furan rings is 1. The minimum Gasteiger partial charge on any atom is -0.471 e. The van der Waals surface area contributed by atoms with Crippen LogP contribution >= 0.6 is 11.6 Å². The highest BCUT2D eigenvalue weighted by molar-refractivity contribution is 6.31. The molecule has 1 unspecified atom stereocenters. The van der Waals surface area contributed by atoms with Crippen molar-refractivity contribution in [3.8, 4) is 0 Å². The lowest BCUT2D eigenvalue weighted by molar-refractivity contribution is 0.557. The molecule has 0 bridgehead atoms. The molecular weight excluding hydrogens is 150 g/mol. The Hall–Kier alpha value is -0.470. The van der Waals surface area contributed by atoms with E-state index in [0.29, 0.717) is 5.02 Å². The Morgan fingerprint density at radius 1 is 1.70 bits per heavy atom. The SMILES string of the molecule is CCC(N)c1cocc1Cl. The number of hydrogen-bond acceptors (Lipinski definition) is 2. The van der Waals surface area contributed by atoms with Crippen molar-refractivity contribution >= 4 is 11.6 Å². The van der Waals surface area contributed by atoms with Gasteiger partial charge in [0.05, 0.1) is 11.3 Å². The second kappa shape index (κ2) is 3.08. The molecule has 0 aliphatic carbocycles. The maximum Gasteiger partial charge on any atom is 0.109 e. The third-order valence-electron chi connectivity index (χ3n) is 1.48. The van der Waals surface area contributed by atoms with Gasteiger partial charge in [-0.25, -0.2) is 0 Å². The van der Waals surface area contributed by atoms with Crippen LogP contribution in [0.15, 0.2) is 16.9 Å². The zero-order valence-electron chi connectivity index (χ0n) is 5.80. The molecule has 0 saturated carbocycles. The zero-order chi connectivity index (χ0) is 7.56. The fourth-order valence-electron chi connectivity index (χ4n) is 0.776. The van der Waals surface area contributed by atoms with Gasteiger partial charge in [-0.05, 0) is 6.42 Å². The summed E-state index contributed by atoms with van der Waals surface area (Å²) in [6.45, 7) is 2.01. The molecule has 0 saturated heterocycles. The summed E-state index contributed by atoms with van der Waals surface area (Å²) >= 11 is 5.74. The van der Waals surface area contributed by atoms with Crippen molar-refractivity contribution in [1.29, 1.82) is 0 Å². The van der Waals surface area contributed by atoms with E-state index in [0.717, 1.165) is 12.0 Å². The van der Waals surface area contributed by atoms with Gasteiger partial charge in [0.25, 0.3) is 0 Å². The van der Waals surface area contributed by atoms with E-state index >= 15 is 0 Å². The Morgan fingerprint density at radius 3 is 2.80 bits per heavy atom. The highest BCUT2D eigenvalue weighted by Crippen LogP contribution is 2.23. The van der Waals surface area contributed by atoms with Gasteiger partial charge >= 0.3 is 0 Å². The highest BCUT2D eigenvalue weighted by Gasteiger charge is 2.08. The molecule has 56 valence electrons. The maximum absolute atomic E-state index is 5.74. The summed E-state index contributed by atoms with van der Waals surface area (Å²) in [6.07, 6.45) is 3.96. The molecule has 0 aromatic carbocycles. The largest absolute Gasteiger partial charge is 0.471 e. The molecule has 1 aromatic heterocycles. The van der Waals surface area contributed by atoms with Crippen LogP contribution in [0.3, 0.4) is 0 Å². The average Bonchev–Trinajstić information content (AvgIpc) is 2.34. The molecule has 1 atom stereocenters. The Bertz CT molecular complexity index is 209. The molecule has 0 spiro atoms. The van der Waals surface area contributed by atoms with E-state index in [1.54, 1.807) is 6.26 Å². The summed E-state index contributed by atoms with van der Waals surface area (Å²) in [6, 6.07) is 0.00579. The van der Waals surface area contributed by atoms with E-state index in [-0.39, 0.29) is 6.04 Å². The summed E-state index contributed by atoms with van der Waals surface area (Å²) in [7, 11) is 0. The van der Waals surface area contributed by atoms with E-state index in [1.165, 1.54) is 6.26 Å². The lowest BCUT2D eigenvalue weighted by Gasteiger charge is -2.04. The van der Waals surface area contributed by atoms with Crippen LogP contribution in [-0.2, 0) is 0 Å². The first-order chi connectivity index (χ1) is 4.75. The van der Waals surface area contributed by atoms with Crippen LogP contribution in [-0.4, -0.2) is 0 Å². The van der Waals surface area contributed by atoms with Crippen LogP contribution in [0, 0.1) is 0 Å². The average molecular weight is 160 g/mol. The van der Waals surface area contributed by atoms with Gasteiger partial charge < -0.3 is 10.2 Å². The standard InChI is InChI=1S/C7H10ClNO/c1-2-7(9)5-3-10-4-6(5)8/h3-4,7H,2,9H2,1H3. The van der Waals surface area contributed by atoms with E-state index in [4.69, 9.17) is 21.8 Å². The summed E-state index contributed by atoms with van der Waals surface area (Å²) < 4.78 is 4.86. The molecule has 0 aliphatic heterocycles. The van der Waals surface area contributed by atoms with Gasteiger partial charge in [-0.3, -0.25) is 0 Å². The summed E-state index contributed by atoms with van der Waals surface area (Å²) in [5.74, 6) is 0. The molecule has 0 amide bonds. The molecule has 0 radical (unpaired) electrons. The van der Waals surface area contributed by atoms with E-state index < -0.39 is 0 Å². The van der Waals surface area contributed by atoms with E-state index in [9.17, 15) is 0 Å². The smallest absolute Gasteiger partial charge is 0.109 e. The van der Waals surface area contributed by atoms with Gasteiger partial charge in [0.15, 0.2) is 0 Å². The second-order valence-electron chi connectivity index (χ2n) is 2.19. The minimum atomic E-state index is 0.00579. The van der Waals surface area contributed by atoms with Crippen molar-refractivity contribution in [3.63, 3.8) is 0 Å². The molecule has 2 N–H and O–H groups in total. The van der Waals surface area contributed by atoms with Gasteiger partial charge in [-0.15, -0.1) is 0 Å². The van der Waals surface area contributed by atoms with Crippen molar-refractivity contribution in [2.75, 3.05) is 0 Å². The lowest BCUT2D eigenvalue weighted by Crippen LogP contribution is -2.07. The number of rotatable bonds is 2. The van der Waals surface area contributed by atoms with Crippen LogP contribution in [0.4, 0.5) is 0 Å². The zero-order valence-corrected chi connectivity index (χ0v) is 6.56. The molecule has 10 heavy (non-hydrogen) atoms. The highest BCUT2D eigenvalue weighted by atomic mass is 35.5. The molecule has 0 fully saturated rings. The van der Waals surface area contributed by atoms with Crippen molar-refractivity contribution in [2.45, 2.75) is 19.4 Å². The molecule has 1 rings (SSSR count). The molecular formula is C7H10ClNO. The monoisotopic (exact) mass is 159 g/mol. The predicted molar refractivity (Wildman–Crippen MR) is 40.9 cm³/mol. The lowest BCUT2D eigenvalue weighted by atomic mass is 10.1. The fraction of sp³-hybridized carbons (Fsp3) is 0.429. The van der Waals surface area contributed by atoms with E-state index in [1.807, 2.05) is 6.92 Å². The Balaban J connectivity index is 2.82. The van der Waals surface area contributed by atoms with Gasteiger partial charge in [0, 0.05) is 11.6 Å². The molecule has 0 aliphatic rings. The third-order valence-corrected chi connectivity index (χ3v) is 1.79. The normalized spacial score (nSPS) is 13.5. The second-order valence-corrected chi connectivity index (χ2v) is 2.60. The Morgan fingerprint density at radius 2 is 2.40 bits per heavy atom. The topological polar surface area (TPSA) is 39.2 Å². The van der Waals surface area contributed by atoms with Crippen molar-refractivity contribution < 1.29 is 4.42 Å². The Labute approximate surface area is 65.0 Å². The maximum atomic E-state index is 5.74. The molecule has 3 heteroatoms. The van der Waals surface area contributed by atoms with Gasteiger partial charge in [-0.2, -0.15) is 0 Å². The van der Waals surface area contributed by atoms with Gasteiger partial charge in [-0.1, -0.05) is 18.5 Å².